The van der Waals surface area contributed by atoms with E-state index in [-0.39, 0.29) is 18.1 Å². The van der Waals surface area contributed by atoms with E-state index < -0.39 is 0 Å². The largest absolute Gasteiger partial charge is 0.490 e. The highest BCUT2D eigenvalue weighted by Crippen LogP contribution is 2.46. The van der Waals surface area contributed by atoms with E-state index in [1.165, 1.54) is 18.4 Å². The standard InChI is InChI=1S/C28H35N5O2/c1-4-33-13-11-23(12-14-33)35-26-16-25-21(15-24(26)19-5-6-19)17-29-28(32-25)31-22-9-7-20(8-10-22)27(34)30-18(2)3/h7-10,15-19,23H,4-6,11-14H2,1-3H3,(H,30,34)(H,29,31,32). The minimum absolute atomic E-state index is 0.0760. The van der Waals surface area contributed by atoms with E-state index in [2.05, 4.69) is 39.6 Å². The molecule has 0 radical (unpaired) electrons. The van der Waals surface area contributed by atoms with Crippen molar-refractivity contribution in [1.29, 1.82) is 0 Å². The molecule has 5 rings (SSSR count). The van der Waals surface area contributed by atoms with Gasteiger partial charge in [-0.1, -0.05) is 6.92 Å². The second-order valence-electron chi connectivity index (χ2n) is 10.00. The monoisotopic (exact) mass is 473 g/mol. The van der Waals surface area contributed by atoms with E-state index in [0.29, 0.717) is 17.4 Å². The van der Waals surface area contributed by atoms with Crippen LogP contribution in [0.15, 0.2) is 42.6 Å². The van der Waals surface area contributed by atoms with Crippen LogP contribution in [0.3, 0.4) is 0 Å². The number of aromatic nitrogens is 2. The van der Waals surface area contributed by atoms with Crippen molar-refractivity contribution in [3.63, 3.8) is 0 Å². The fourth-order valence-electron chi connectivity index (χ4n) is 4.66. The summed E-state index contributed by atoms with van der Waals surface area (Å²) in [5.74, 6) is 2.03. The summed E-state index contributed by atoms with van der Waals surface area (Å²) >= 11 is 0. The number of hydrogen-bond acceptors (Lipinski definition) is 6. The first-order chi connectivity index (χ1) is 17.0. The Labute approximate surface area is 207 Å². The van der Waals surface area contributed by atoms with Crippen LogP contribution in [0, 0.1) is 0 Å². The van der Waals surface area contributed by atoms with Crippen LogP contribution in [0.1, 0.15) is 68.3 Å². The molecule has 2 aliphatic rings. The SMILES string of the molecule is CCN1CCC(Oc2cc3nc(Nc4ccc(C(=O)NC(C)C)cc4)ncc3cc2C2CC2)CC1. The molecule has 1 aromatic heterocycles. The molecule has 2 fully saturated rings. The molecule has 0 atom stereocenters. The summed E-state index contributed by atoms with van der Waals surface area (Å²) < 4.78 is 6.56. The Balaban J connectivity index is 1.33. The van der Waals surface area contributed by atoms with E-state index in [0.717, 1.165) is 54.8 Å². The second-order valence-corrected chi connectivity index (χ2v) is 10.00. The van der Waals surface area contributed by atoms with Crippen LogP contribution < -0.4 is 15.4 Å². The molecule has 7 heteroatoms. The molecule has 0 spiro atoms. The van der Waals surface area contributed by atoms with Gasteiger partial charge >= 0.3 is 0 Å². The number of amides is 1. The quantitative estimate of drug-likeness (QED) is 0.465. The van der Waals surface area contributed by atoms with Crippen molar-refractivity contribution >= 4 is 28.4 Å². The number of anilines is 2. The van der Waals surface area contributed by atoms with E-state index in [1.807, 2.05) is 32.2 Å². The lowest BCUT2D eigenvalue weighted by atomic mass is 10.0. The number of carbonyl (C=O) groups is 1. The number of benzene rings is 2. The number of nitrogens with one attached hydrogen (secondary N) is 2. The molecule has 1 aliphatic heterocycles. The molecule has 184 valence electrons. The van der Waals surface area contributed by atoms with Crippen LogP contribution in [-0.2, 0) is 0 Å². The fraction of sp³-hybridized carbons (Fsp3) is 0.464. The minimum Gasteiger partial charge on any atom is -0.490 e. The molecule has 2 N–H and O–H groups in total. The maximum absolute atomic E-state index is 12.2. The first kappa shape index (κ1) is 23.5. The van der Waals surface area contributed by atoms with Gasteiger partial charge in [-0.3, -0.25) is 4.79 Å². The Morgan fingerprint density at radius 2 is 1.86 bits per heavy atom. The smallest absolute Gasteiger partial charge is 0.251 e. The van der Waals surface area contributed by atoms with Crippen molar-refractivity contribution in [2.75, 3.05) is 25.0 Å². The van der Waals surface area contributed by atoms with Crippen LogP contribution in [0.5, 0.6) is 5.75 Å². The predicted molar refractivity (Wildman–Crippen MR) is 140 cm³/mol. The Kier molecular flexibility index (Phi) is 6.86. The third-order valence-electron chi connectivity index (χ3n) is 6.83. The van der Waals surface area contributed by atoms with Gasteiger partial charge in [0.15, 0.2) is 0 Å². The number of hydrogen-bond donors (Lipinski definition) is 2. The van der Waals surface area contributed by atoms with Gasteiger partial charge in [0.25, 0.3) is 5.91 Å². The summed E-state index contributed by atoms with van der Waals surface area (Å²) in [4.78, 5) is 24.0. The molecule has 1 saturated carbocycles. The number of likely N-dealkylation sites (tertiary alicyclic amines) is 1. The Morgan fingerprint density at radius 3 is 2.51 bits per heavy atom. The third kappa shape index (κ3) is 5.73. The van der Waals surface area contributed by atoms with Crippen molar-refractivity contribution in [2.24, 2.45) is 0 Å². The van der Waals surface area contributed by atoms with Crippen molar-refractivity contribution in [3.8, 4) is 5.75 Å². The number of carbonyl (C=O) groups excluding carboxylic acids is 1. The molecule has 7 nitrogen and oxygen atoms in total. The number of rotatable bonds is 8. The number of ether oxygens (including phenoxy) is 1. The lowest BCUT2D eigenvalue weighted by Crippen LogP contribution is -2.38. The van der Waals surface area contributed by atoms with Crippen LogP contribution in [0.2, 0.25) is 0 Å². The van der Waals surface area contributed by atoms with Gasteiger partial charge in [-0.2, -0.15) is 0 Å². The summed E-state index contributed by atoms with van der Waals surface area (Å²) in [6, 6.07) is 11.8. The van der Waals surface area contributed by atoms with Gasteiger partial charge in [0.05, 0.1) is 5.52 Å². The first-order valence-electron chi connectivity index (χ1n) is 12.9. The zero-order valence-electron chi connectivity index (χ0n) is 20.9. The maximum Gasteiger partial charge on any atom is 0.251 e. The summed E-state index contributed by atoms with van der Waals surface area (Å²) in [7, 11) is 0. The van der Waals surface area contributed by atoms with Crippen molar-refractivity contribution < 1.29 is 9.53 Å². The third-order valence-corrected chi connectivity index (χ3v) is 6.83. The minimum atomic E-state index is -0.0760. The van der Waals surface area contributed by atoms with Crippen LogP contribution in [0.4, 0.5) is 11.6 Å². The Bertz CT molecular complexity index is 1180. The topological polar surface area (TPSA) is 79.4 Å². The van der Waals surface area contributed by atoms with Crippen molar-refractivity contribution in [1.82, 2.24) is 20.2 Å². The van der Waals surface area contributed by atoms with Gasteiger partial charge in [0.1, 0.15) is 11.9 Å². The van der Waals surface area contributed by atoms with Crippen LogP contribution in [-0.4, -0.2) is 52.6 Å². The summed E-state index contributed by atoms with van der Waals surface area (Å²) in [5, 5.41) is 7.20. The summed E-state index contributed by atoms with van der Waals surface area (Å²) in [6.07, 6.45) is 6.72. The molecule has 1 aliphatic carbocycles. The van der Waals surface area contributed by atoms with Crippen molar-refractivity contribution in [2.45, 2.75) is 64.5 Å². The summed E-state index contributed by atoms with van der Waals surface area (Å²) in [6.45, 7) is 9.42. The van der Waals surface area contributed by atoms with Gasteiger partial charge in [-0.05, 0) is 87.9 Å². The average Bonchev–Trinajstić information content (AvgIpc) is 3.69. The molecular weight excluding hydrogens is 438 g/mol. The maximum atomic E-state index is 12.2. The highest BCUT2D eigenvalue weighted by atomic mass is 16.5. The Morgan fingerprint density at radius 1 is 1.11 bits per heavy atom. The van der Waals surface area contributed by atoms with Gasteiger partial charge in [0, 0.05) is 48.0 Å². The number of nitrogens with zero attached hydrogens (tertiary/aromatic N) is 3. The number of fused-ring (bicyclic) bond motifs is 1. The van der Waals surface area contributed by atoms with E-state index >= 15 is 0 Å². The molecule has 1 saturated heterocycles. The van der Waals surface area contributed by atoms with Gasteiger partial charge < -0.3 is 20.3 Å². The lowest BCUT2D eigenvalue weighted by molar-refractivity contribution is 0.0943. The molecule has 2 heterocycles. The van der Waals surface area contributed by atoms with E-state index in [4.69, 9.17) is 9.72 Å². The predicted octanol–water partition coefficient (Wildman–Crippen LogP) is 5.25. The highest BCUT2D eigenvalue weighted by Gasteiger charge is 2.29. The molecule has 35 heavy (non-hydrogen) atoms. The number of piperidine rings is 1. The molecular formula is C28H35N5O2. The molecule has 3 aromatic rings. The normalized spacial score (nSPS) is 17.0. The van der Waals surface area contributed by atoms with E-state index in [9.17, 15) is 4.79 Å². The molecule has 0 bridgehead atoms. The van der Waals surface area contributed by atoms with E-state index in [1.54, 1.807) is 12.1 Å². The molecule has 1 amide bonds. The fourth-order valence-corrected chi connectivity index (χ4v) is 4.66. The molecule has 2 aromatic carbocycles. The van der Waals surface area contributed by atoms with Gasteiger partial charge in [-0.25, -0.2) is 9.97 Å². The zero-order chi connectivity index (χ0) is 24.4. The Hall–Kier alpha value is -3.19. The van der Waals surface area contributed by atoms with Crippen molar-refractivity contribution in [3.05, 3.63) is 53.7 Å². The summed E-state index contributed by atoms with van der Waals surface area (Å²) in [5.41, 5.74) is 3.64. The van der Waals surface area contributed by atoms with Crippen LogP contribution >= 0.6 is 0 Å². The van der Waals surface area contributed by atoms with Gasteiger partial charge in [-0.15, -0.1) is 0 Å². The average molecular weight is 474 g/mol. The molecule has 0 unspecified atom stereocenters. The zero-order valence-corrected chi connectivity index (χ0v) is 20.9. The first-order valence-corrected chi connectivity index (χ1v) is 12.9. The van der Waals surface area contributed by atoms with Crippen LogP contribution in [0.25, 0.3) is 10.9 Å². The van der Waals surface area contributed by atoms with Gasteiger partial charge in [0.2, 0.25) is 5.95 Å². The lowest BCUT2D eigenvalue weighted by Gasteiger charge is -2.31. The second kappa shape index (κ2) is 10.2. The highest BCUT2D eigenvalue weighted by molar-refractivity contribution is 5.94.